The molecule has 0 saturated carbocycles. The van der Waals surface area contributed by atoms with Crippen molar-refractivity contribution in [2.75, 3.05) is 45.8 Å². The van der Waals surface area contributed by atoms with E-state index in [1.807, 2.05) is 65.6 Å². The third-order valence-electron chi connectivity index (χ3n) is 6.19. The smallest absolute Gasteiger partial charge is 0.264 e. The van der Waals surface area contributed by atoms with Crippen molar-refractivity contribution in [1.82, 2.24) is 24.5 Å². The zero-order valence-electron chi connectivity index (χ0n) is 19.4. The van der Waals surface area contributed by atoms with E-state index in [0.29, 0.717) is 36.1 Å². The van der Waals surface area contributed by atoms with Crippen LogP contribution in [0.4, 0.5) is 0 Å². The molecule has 9 heteroatoms. The van der Waals surface area contributed by atoms with E-state index in [1.54, 1.807) is 0 Å². The molecule has 176 valence electrons. The maximum Gasteiger partial charge on any atom is 0.264 e. The molecule has 0 unspecified atom stereocenters. The number of hydrogen-bond donors (Lipinski definition) is 0. The summed E-state index contributed by atoms with van der Waals surface area (Å²) in [5, 5.41) is 6.25. The highest BCUT2D eigenvalue weighted by Crippen LogP contribution is 2.33. The molecule has 0 radical (unpaired) electrons. The van der Waals surface area contributed by atoms with Gasteiger partial charge in [0, 0.05) is 44.7 Å². The lowest BCUT2D eigenvalue weighted by molar-refractivity contribution is -0.132. The largest absolute Gasteiger partial charge is 0.342 e. The molecule has 33 heavy (non-hydrogen) atoms. The number of para-hydroxylation sites is 1. The maximum absolute atomic E-state index is 13.4. The van der Waals surface area contributed by atoms with E-state index in [2.05, 4.69) is 10.00 Å². The van der Waals surface area contributed by atoms with E-state index < -0.39 is 0 Å². The van der Waals surface area contributed by atoms with E-state index in [1.165, 1.54) is 11.3 Å². The number of thiophene rings is 1. The number of carbonyl (C=O) groups is 2. The Bertz CT molecular complexity index is 1150. The zero-order chi connectivity index (χ0) is 23.5. The van der Waals surface area contributed by atoms with Crippen molar-refractivity contribution in [2.24, 2.45) is 0 Å². The molecule has 1 aliphatic heterocycles. The molecule has 3 aromatic rings. The minimum atomic E-state index is 0.0400. The summed E-state index contributed by atoms with van der Waals surface area (Å²) in [4.78, 5) is 33.4. The molecule has 1 fully saturated rings. The van der Waals surface area contributed by atoms with Crippen LogP contribution in [0.3, 0.4) is 0 Å². The number of aromatic nitrogens is 2. The third kappa shape index (κ3) is 4.93. The lowest BCUT2D eigenvalue weighted by Gasteiger charge is -2.25. The molecule has 1 aromatic carbocycles. The second-order valence-corrected chi connectivity index (χ2v) is 9.70. The van der Waals surface area contributed by atoms with Crippen LogP contribution in [-0.4, -0.2) is 82.1 Å². The molecule has 3 heterocycles. The van der Waals surface area contributed by atoms with Crippen molar-refractivity contribution < 1.29 is 9.59 Å². The van der Waals surface area contributed by atoms with Crippen LogP contribution in [0.1, 0.15) is 35.6 Å². The van der Waals surface area contributed by atoms with E-state index in [0.717, 1.165) is 47.7 Å². The molecule has 0 spiro atoms. The molecular weight excluding hydrogens is 458 g/mol. The van der Waals surface area contributed by atoms with Crippen LogP contribution in [-0.2, 0) is 4.79 Å². The van der Waals surface area contributed by atoms with Gasteiger partial charge >= 0.3 is 0 Å². The summed E-state index contributed by atoms with van der Waals surface area (Å²) in [5.74, 6) is 0.196. The van der Waals surface area contributed by atoms with Gasteiger partial charge in [0.1, 0.15) is 4.83 Å². The summed E-state index contributed by atoms with van der Waals surface area (Å²) in [7, 11) is 0. The van der Waals surface area contributed by atoms with Gasteiger partial charge in [-0.05, 0) is 45.4 Å². The van der Waals surface area contributed by atoms with E-state index >= 15 is 0 Å². The Hall–Kier alpha value is -2.42. The van der Waals surface area contributed by atoms with Gasteiger partial charge in [0.15, 0.2) is 0 Å². The first-order valence-corrected chi connectivity index (χ1v) is 12.7. The van der Waals surface area contributed by atoms with Crippen molar-refractivity contribution in [3.8, 4) is 5.69 Å². The van der Waals surface area contributed by atoms with Crippen molar-refractivity contribution >= 4 is 45.0 Å². The zero-order valence-corrected chi connectivity index (χ0v) is 21.0. The van der Waals surface area contributed by atoms with Crippen LogP contribution in [0.2, 0.25) is 5.02 Å². The van der Waals surface area contributed by atoms with Crippen molar-refractivity contribution in [3.05, 3.63) is 45.9 Å². The third-order valence-corrected chi connectivity index (χ3v) is 7.60. The number of hydrogen-bond acceptors (Lipinski definition) is 5. The number of rotatable bonds is 6. The molecular formula is C24H30ClN5O2S. The molecule has 2 amide bonds. The Kier molecular flexibility index (Phi) is 7.36. The first kappa shape index (κ1) is 23.7. The first-order valence-electron chi connectivity index (χ1n) is 11.5. The Morgan fingerprint density at radius 2 is 1.88 bits per heavy atom. The summed E-state index contributed by atoms with van der Waals surface area (Å²) in [6.07, 6.45) is 0.856. The minimum absolute atomic E-state index is 0.0400. The average Bonchev–Trinajstić information content (AvgIpc) is 3.28. The van der Waals surface area contributed by atoms with E-state index in [4.69, 9.17) is 11.6 Å². The lowest BCUT2D eigenvalue weighted by atomic mass is 10.3. The highest BCUT2D eigenvalue weighted by atomic mass is 35.5. The number of fused-ring (bicyclic) bond motifs is 1. The van der Waals surface area contributed by atoms with Crippen LogP contribution in [0.15, 0.2) is 30.3 Å². The summed E-state index contributed by atoms with van der Waals surface area (Å²) in [6, 6.07) is 9.54. The Morgan fingerprint density at radius 3 is 2.61 bits per heavy atom. The van der Waals surface area contributed by atoms with Gasteiger partial charge in [-0.1, -0.05) is 23.7 Å². The summed E-state index contributed by atoms with van der Waals surface area (Å²) in [5.41, 5.74) is 1.68. The number of nitrogens with zero attached hydrogens (tertiary/aromatic N) is 5. The van der Waals surface area contributed by atoms with Gasteiger partial charge in [-0.15, -0.1) is 11.3 Å². The van der Waals surface area contributed by atoms with Gasteiger partial charge < -0.3 is 9.80 Å². The summed E-state index contributed by atoms with van der Waals surface area (Å²) in [6.45, 7) is 10.7. The fourth-order valence-electron chi connectivity index (χ4n) is 4.29. The van der Waals surface area contributed by atoms with Gasteiger partial charge in [0.25, 0.3) is 5.91 Å². The van der Waals surface area contributed by atoms with Gasteiger partial charge in [0.2, 0.25) is 5.91 Å². The number of carbonyl (C=O) groups excluding carboxylic acids is 2. The highest BCUT2D eigenvalue weighted by molar-refractivity contribution is 7.20. The van der Waals surface area contributed by atoms with Crippen molar-refractivity contribution in [3.63, 3.8) is 0 Å². The van der Waals surface area contributed by atoms with Crippen molar-refractivity contribution in [1.29, 1.82) is 0 Å². The second kappa shape index (κ2) is 10.2. The fourth-order valence-corrected chi connectivity index (χ4v) is 5.65. The van der Waals surface area contributed by atoms with Crippen LogP contribution in [0, 0.1) is 6.92 Å². The highest BCUT2D eigenvalue weighted by Gasteiger charge is 2.25. The molecule has 1 saturated heterocycles. The van der Waals surface area contributed by atoms with Gasteiger partial charge in [-0.2, -0.15) is 5.10 Å². The predicted molar refractivity (Wildman–Crippen MR) is 134 cm³/mol. The number of benzene rings is 1. The fraction of sp³-hybridized carbons (Fsp3) is 0.458. The van der Waals surface area contributed by atoms with Gasteiger partial charge in [0.05, 0.1) is 27.8 Å². The molecule has 1 aliphatic rings. The van der Waals surface area contributed by atoms with E-state index in [9.17, 15) is 9.59 Å². The lowest BCUT2D eigenvalue weighted by Crippen LogP contribution is -2.42. The SMILES string of the molecule is CCN(CC)C(=O)CN1CCCN(C(=O)c2cc3c(C)nn(-c4ccccc4Cl)c3s2)CC1. The van der Waals surface area contributed by atoms with Crippen LogP contribution in [0.25, 0.3) is 15.9 Å². The molecule has 0 N–H and O–H groups in total. The normalized spacial score (nSPS) is 15.1. The van der Waals surface area contributed by atoms with Crippen molar-refractivity contribution in [2.45, 2.75) is 27.2 Å². The molecule has 0 bridgehead atoms. The standard InChI is InChI=1S/C24H30ClN5O2S/c1-4-28(5-2)22(31)16-27-11-8-12-29(14-13-27)23(32)21-15-18-17(3)26-30(24(18)33-21)20-10-7-6-9-19(20)25/h6-7,9-10,15H,4-5,8,11-14,16H2,1-3H3. The molecule has 2 aromatic heterocycles. The minimum Gasteiger partial charge on any atom is -0.342 e. The van der Waals surface area contributed by atoms with E-state index in [-0.39, 0.29) is 11.8 Å². The predicted octanol–water partition coefficient (Wildman–Crippen LogP) is 4.07. The summed E-state index contributed by atoms with van der Waals surface area (Å²) < 4.78 is 1.83. The Morgan fingerprint density at radius 1 is 1.12 bits per heavy atom. The van der Waals surface area contributed by atoms with Crippen LogP contribution >= 0.6 is 22.9 Å². The quantitative estimate of drug-likeness (QED) is 0.526. The molecule has 7 nitrogen and oxygen atoms in total. The molecule has 0 atom stereocenters. The monoisotopic (exact) mass is 487 g/mol. The number of likely N-dealkylation sites (N-methyl/N-ethyl adjacent to an activating group) is 1. The molecule has 0 aliphatic carbocycles. The number of amides is 2. The van der Waals surface area contributed by atoms with Crippen LogP contribution in [0.5, 0.6) is 0 Å². The van der Waals surface area contributed by atoms with Crippen LogP contribution < -0.4 is 0 Å². The summed E-state index contributed by atoms with van der Waals surface area (Å²) >= 11 is 7.86. The maximum atomic E-state index is 13.4. The van der Waals surface area contributed by atoms with Gasteiger partial charge in [-0.25, -0.2) is 4.68 Å². The molecule has 4 rings (SSSR count). The number of aryl methyl sites for hydroxylation is 1. The first-order chi connectivity index (χ1) is 15.9. The number of halogens is 1. The topological polar surface area (TPSA) is 61.7 Å². The Labute approximate surface area is 203 Å². The van der Waals surface area contributed by atoms with Gasteiger partial charge in [-0.3, -0.25) is 14.5 Å². The average molecular weight is 488 g/mol. The Balaban J connectivity index is 1.49. The second-order valence-electron chi connectivity index (χ2n) is 8.27.